The Balaban J connectivity index is 0.00000529. The second-order valence-corrected chi connectivity index (χ2v) is 6.42. The van der Waals surface area contributed by atoms with E-state index in [4.69, 9.17) is 0 Å². The average molecular weight is 360 g/mol. The lowest BCUT2D eigenvalue weighted by atomic mass is 10.2. The molecule has 7 nitrogen and oxygen atoms in total. The van der Waals surface area contributed by atoms with E-state index >= 15 is 0 Å². The molecule has 0 aliphatic carbocycles. The van der Waals surface area contributed by atoms with Crippen molar-refractivity contribution in [2.75, 3.05) is 32.1 Å². The van der Waals surface area contributed by atoms with Crippen LogP contribution < -0.4 is 4.90 Å². The largest absolute Gasteiger partial charge is 0.493 e. The molecular formula is C16H30ClN5O2. The zero-order valence-corrected chi connectivity index (χ0v) is 16.5. The maximum absolute atomic E-state index is 12.5. The van der Waals surface area contributed by atoms with Crippen LogP contribution >= 0.6 is 12.4 Å². The van der Waals surface area contributed by atoms with Crippen molar-refractivity contribution in [1.82, 2.24) is 19.8 Å². The fraction of sp³-hybridized carbons (Fsp3) is 0.688. The van der Waals surface area contributed by atoms with E-state index in [1.165, 1.54) is 15.9 Å². The molecule has 1 aromatic heterocycles. The van der Waals surface area contributed by atoms with Gasteiger partial charge in [0.2, 0.25) is 11.8 Å². The molecule has 0 aliphatic heterocycles. The molecule has 1 N–H and O–H groups in total. The summed E-state index contributed by atoms with van der Waals surface area (Å²) in [4.78, 5) is 26.1. The van der Waals surface area contributed by atoms with Gasteiger partial charge in [-0.15, -0.1) is 12.4 Å². The molecule has 0 atom stereocenters. The lowest BCUT2D eigenvalue weighted by Crippen LogP contribution is -2.47. The minimum atomic E-state index is -0.206. The number of aromatic nitrogens is 2. The van der Waals surface area contributed by atoms with Crippen molar-refractivity contribution < 1.29 is 9.90 Å². The maximum Gasteiger partial charge on any atom is 0.326 e. The van der Waals surface area contributed by atoms with Crippen LogP contribution in [0.5, 0.6) is 5.88 Å². The molecule has 0 radical (unpaired) electrons. The number of carbonyl (C=O) groups is 1. The molecule has 0 unspecified atom stereocenters. The van der Waals surface area contributed by atoms with Gasteiger partial charge < -0.3 is 10.0 Å². The molecule has 0 spiro atoms. The van der Waals surface area contributed by atoms with E-state index in [0.29, 0.717) is 30.9 Å². The number of aromatic hydroxyl groups is 1. The van der Waals surface area contributed by atoms with Crippen molar-refractivity contribution >= 4 is 24.4 Å². The normalized spacial score (nSPS) is 10.9. The van der Waals surface area contributed by atoms with E-state index in [9.17, 15) is 9.90 Å². The number of urea groups is 1. The summed E-state index contributed by atoms with van der Waals surface area (Å²) in [6.45, 7) is 11.4. The van der Waals surface area contributed by atoms with Crippen LogP contribution in [0, 0.1) is 6.92 Å². The number of hydrogen-bond donors (Lipinski definition) is 1. The Morgan fingerprint density at radius 3 is 2.08 bits per heavy atom. The van der Waals surface area contributed by atoms with Crippen LogP contribution in [0.15, 0.2) is 6.07 Å². The molecule has 0 bridgehead atoms. The summed E-state index contributed by atoms with van der Waals surface area (Å²) in [6, 6.07) is 2.01. The van der Waals surface area contributed by atoms with E-state index in [1.807, 2.05) is 0 Å². The highest BCUT2D eigenvalue weighted by Crippen LogP contribution is 2.16. The Labute approximate surface area is 151 Å². The lowest BCUT2D eigenvalue weighted by Gasteiger charge is -2.33. The van der Waals surface area contributed by atoms with Gasteiger partial charge in [-0.2, -0.15) is 4.98 Å². The molecule has 0 fully saturated rings. The van der Waals surface area contributed by atoms with E-state index in [1.54, 1.807) is 21.0 Å². The monoisotopic (exact) mass is 359 g/mol. The molecule has 24 heavy (non-hydrogen) atoms. The standard InChI is InChI=1S/C16H29N5O2.ClH/c1-11(2)20(12(3)4)8-9-21(16(23)19(6)7)15-17-13(5)10-14(22)18-15;/h10-12H,8-9H2,1-7H3,(H,17,18,22);1H. The number of carbonyl (C=O) groups excluding carboxylic acids is 1. The highest BCUT2D eigenvalue weighted by atomic mass is 35.5. The van der Waals surface area contributed by atoms with Crippen molar-refractivity contribution in [3.8, 4) is 5.88 Å². The van der Waals surface area contributed by atoms with Crippen LogP contribution in [0.2, 0.25) is 0 Å². The second-order valence-electron chi connectivity index (χ2n) is 6.42. The number of aryl methyl sites for hydroxylation is 1. The van der Waals surface area contributed by atoms with Gasteiger partial charge in [0, 0.05) is 51.0 Å². The summed E-state index contributed by atoms with van der Waals surface area (Å²) in [7, 11) is 3.38. The van der Waals surface area contributed by atoms with Gasteiger partial charge in [0.25, 0.3) is 0 Å². The zero-order chi connectivity index (χ0) is 17.7. The first kappa shape index (κ1) is 22.4. The molecule has 1 aromatic rings. The Bertz CT molecular complexity index is 509. The van der Waals surface area contributed by atoms with E-state index in [2.05, 4.69) is 42.6 Å². The number of nitrogens with zero attached hydrogens (tertiary/aromatic N) is 5. The maximum atomic E-state index is 12.5. The molecular weight excluding hydrogens is 330 g/mol. The summed E-state index contributed by atoms with van der Waals surface area (Å²) in [5.41, 5.74) is 0.619. The summed E-state index contributed by atoms with van der Waals surface area (Å²) in [6.07, 6.45) is 0. The van der Waals surface area contributed by atoms with Crippen LogP contribution in [0.25, 0.3) is 0 Å². The first-order valence-electron chi connectivity index (χ1n) is 7.92. The molecule has 1 rings (SSSR count). The topological polar surface area (TPSA) is 72.8 Å². The number of halogens is 1. The number of anilines is 1. The van der Waals surface area contributed by atoms with E-state index < -0.39 is 0 Å². The molecule has 2 amide bonds. The Morgan fingerprint density at radius 1 is 1.12 bits per heavy atom. The number of rotatable bonds is 6. The third-order valence-electron chi connectivity index (χ3n) is 3.59. The van der Waals surface area contributed by atoms with Gasteiger partial charge in [-0.1, -0.05) is 0 Å². The van der Waals surface area contributed by atoms with Gasteiger partial charge in [-0.25, -0.2) is 9.78 Å². The third kappa shape index (κ3) is 6.13. The first-order valence-corrected chi connectivity index (χ1v) is 7.92. The Morgan fingerprint density at radius 2 is 1.67 bits per heavy atom. The van der Waals surface area contributed by atoms with Crippen LogP contribution in [0.4, 0.5) is 10.7 Å². The van der Waals surface area contributed by atoms with E-state index in [0.717, 1.165) is 0 Å². The van der Waals surface area contributed by atoms with Gasteiger partial charge in [0.1, 0.15) is 0 Å². The van der Waals surface area contributed by atoms with Crippen molar-refractivity contribution in [2.24, 2.45) is 0 Å². The van der Waals surface area contributed by atoms with Crippen molar-refractivity contribution in [3.63, 3.8) is 0 Å². The van der Waals surface area contributed by atoms with Gasteiger partial charge in [-0.05, 0) is 34.6 Å². The average Bonchev–Trinajstić information content (AvgIpc) is 2.40. The fourth-order valence-electron chi connectivity index (χ4n) is 2.51. The molecule has 0 aromatic carbocycles. The predicted molar refractivity (Wildman–Crippen MR) is 99.1 cm³/mol. The summed E-state index contributed by atoms with van der Waals surface area (Å²) >= 11 is 0. The van der Waals surface area contributed by atoms with Crippen LogP contribution in [-0.4, -0.2) is 70.2 Å². The third-order valence-corrected chi connectivity index (χ3v) is 3.59. The first-order chi connectivity index (χ1) is 10.6. The van der Waals surface area contributed by atoms with Crippen molar-refractivity contribution in [2.45, 2.75) is 46.7 Å². The summed E-state index contributed by atoms with van der Waals surface area (Å²) in [5.74, 6) is 0.0993. The molecule has 138 valence electrons. The van der Waals surface area contributed by atoms with Gasteiger partial charge in [0.05, 0.1) is 0 Å². The Hall–Kier alpha value is -1.60. The number of hydrogen-bond acceptors (Lipinski definition) is 5. The second kappa shape index (κ2) is 9.64. The lowest BCUT2D eigenvalue weighted by molar-refractivity contribution is 0.177. The molecule has 0 saturated heterocycles. The summed E-state index contributed by atoms with van der Waals surface area (Å²) in [5, 5.41) is 9.70. The number of amides is 2. The predicted octanol–water partition coefficient (Wildman–Crippen LogP) is 2.52. The quantitative estimate of drug-likeness (QED) is 0.844. The van der Waals surface area contributed by atoms with Gasteiger partial charge >= 0.3 is 6.03 Å². The van der Waals surface area contributed by atoms with Crippen molar-refractivity contribution in [3.05, 3.63) is 11.8 Å². The molecule has 0 saturated carbocycles. The Kier molecular flexibility index (Phi) is 8.99. The SMILES string of the molecule is Cc1cc(O)nc(N(CCN(C(C)C)C(C)C)C(=O)N(C)C)n1.Cl. The molecule has 1 heterocycles. The van der Waals surface area contributed by atoms with Crippen LogP contribution in [-0.2, 0) is 0 Å². The summed E-state index contributed by atoms with van der Waals surface area (Å²) < 4.78 is 0. The van der Waals surface area contributed by atoms with Crippen LogP contribution in [0.1, 0.15) is 33.4 Å². The van der Waals surface area contributed by atoms with Gasteiger partial charge in [-0.3, -0.25) is 9.80 Å². The minimum Gasteiger partial charge on any atom is -0.493 e. The van der Waals surface area contributed by atoms with E-state index in [-0.39, 0.29) is 30.3 Å². The molecule has 0 aliphatic rings. The smallest absolute Gasteiger partial charge is 0.326 e. The van der Waals surface area contributed by atoms with Crippen molar-refractivity contribution in [1.29, 1.82) is 0 Å². The zero-order valence-electron chi connectivity index (χ0n) is 15.6. The fourth-order valence-corrected chi connectivity index (χ4v) is 2.51. The van der Waals surface area contributed by atoms with Gasteiger partial charge in [0.15, 0.2) is 0 Å². The van der Waals surface area contributed by atoms with Crippen LogP contribution in [0.3, 0.4) is 0 Å². The highest BCUT2D eigenvalue weighted by Gasteiger charge is 2.23. The minimum absolute atomic E-state index is 0. The molecule has 8 heteroatoms. The highest BCUT2D eigenvalue weighted by molar-refractivity contribution is 5.89.